The molecule has 0 atom stereocenters. The van der Waals surface area contributed by atoms with Crippen molar-refractivity contribution in [2.75, 3.05) is 19.8 Å². The molecule has 2 heteroatoms. The van der Waals surface area contributed by atoms with Gasteiger partial charge in [-0.2, -0.15) is 0 Å². The molecule has 0 aliphatic carbocycles. The van der Waals surface area contributed by atoms with Gasteiger partial charge in [-0.3, -0.25) is 0 Å². The molecule has 1 aliphatic rings. The van der Waals surface area contributed by atoms with Crippen molar-refractivity contribution in [3.8, 4) is 0 Å². The van der Waals surface area contributed by atoms with Gasteiger partial charge >= 0.3 is 0 Å². The van der Waals surface area contributed by atoms with Gasteiger partial charge in [0, 0.05) is 13.2 Å². The molecule has 52 valence electrons. The summed E-state index contributed by atoms with van der Waals surface area (Å²) < 4.78 is 0. The fourth-order valence-corrected chi connectivity index (χ4v) is 0.878. The summed E-state index contributed by atoms with van der Waals surface area (Å²) in [5.74, 6) is 0. The van der Waals surface area contributed by atoms with Crippen molar-refractivity contribution in [3.63, 3.8) is 0 Å². The van der Waals surface area contributed by atoms with Crippen LogP contribution in [0.4, 0.5) is 0 Å². The molecule has 0 amide bonds. The molecule has 0 fully saturated rings. The molecule has 0 spiro atoms. The van der Waals surface area contributed by atoms with Crippen molar-refractivity contribution in [2.24, 2.45) is 0 Å². The minimum atomic E-state index is 0.949. The van der Waals surface area contributed by atoms with E-state index in [1.807, 2.05) is 0 Å². The topological polar surface area (TPSA) is 24.1 Å². The van der Waals surface area contributed by atoms with Gasteiger partial charge in [0.1, 0.15) is 0 Å². The number of nitrogens with one attached hydrogen (secondary N) is 2. The predicted molar refractivity (Wildman–Crippen MR) is 39.2 cm³/mol. The molecular formula is C7H14N2. The van der Waals surface area contributed by atoms with E-state index in [4.69, 9.17) is 0 Å². The lowest BCUT2D eigenvalue weighted by molar-refractivity contribution is 0.603. The second-order valence-electron chi connectivity index (χ2n) is 2.24. The van der Waals surface area contributed by atoms with Crippen LogP contribution in [-0.4, -0.2) is 19.8 Å². The lowest BCUT2D eigenvalue weighted by Crippen LogP contribution is -2.28. The summed E-state index contributed by atoms with van der Waals surface area (Å²) in [5, 5.41) is 6.51. The Labute approximate surface area is 56.3 Å². The van der Waals surface area contributed by atoms with Gasteiger partial charge in [-0.05, 0) is 19.4 Å². The average molecular weight is 126 g/mol. The molecule has 0 aromatic carbocycles. The highest BCUT2D eigenvalue weighted by Gasteiger charge is 1.87. The maximum absolute atomic E-state index is 3.28. The van der Waals surface area contributed by atoms with E-state index in [1.165, 1.54) is 12.8 Å². The van der Waals surface area contributed by atoms with Crippen LogP contribution in [0.3, 0.4) is 0 Å². The quantitative estimate of drug-likeness (QED) is 0.461. The van der Waals surface area contributed by atoms with E-state index in [9.17, 15) is 0 Å². The molecule has 0 saturated heterocycles. The minimum Gasteiger partial charge on any atom is -0.304 e. The highest BCUT2D eigenvalue weighted by Crippen LogP contribution is 1.89. The number of allylic oxidation sites excluding steroid dienone is 1. The standard InChI is InChI=1S/C7H14N2/c1-2-4-6-9-7-8-5-3-1/h1,3,8-9H,2,4-7H2. The van der Waals surface area contributed by atoms with Gasteiger partial charge in [0.2, 0.25) is 0 Å². The zero-order valence-electron chi connectivity index (χ0n) is 5.69. The number of hydrogen-bond donors (Lipinski definition) is 2. The third kappa shape index (κ3) is 3.27. The molecule has 0 aromatic rings. The van der Waals surface area contributed by atoms with Crippen molar-refractivity contribution >= 4 is 0 Å². The van der Waals surface area contributed by atoms with Crippen LogP contribution in [0.15, 0.2) is 12.2 Å². The zero-order valence-corrected chi connectivity index (χ0v) is 5.69. The van der Waals surface area contributed by atoms with Gasteiger partial charge in [-0.15, -0.1) is 0 Å². The molecule has 1 aliphatic heterocycles. The minimum absolute atomic E-state index is 0.949. The maximum Gasteiger partial charge on any atom is 0.0456 e. The van der Waals surface area contributed by atoms with Crippen molar-refractivity contribution in [3.05, 3.63) is 12.2 Å². The predicted octanol–water partition coefficient (Wildman–Crippen LogP) is 0.473. The van der Waals surface area contributed by atoms with Crippen molar-refractivity contribution in [2.45, 2.75) is 12.8 Å². The highest BCUT2D eigenvalue weighted by molar-refractivity contribution is 4.84. The molecule has 0 unspecified atom stereocenters. The van der Waals surface area contributed by atoms with E-state index in [1.54, 1.807) is 0 Å². The van der Waals surface area contributed by atoms with Crippen LogP contribution in [-0.2, 0) is 0 Å². The molecule has 0 saturated carbocycles. The van der Waals surface area contributed by atoms with Gasteiger partial charge in [-0.1, -0.05) is 12.2 Å². The van der Waals surface area contributed by atoms with Gasteiger partial charge < -0.3 is 10.6 Å². The van der Waals surface area contributed by atoms with Crippen LogP contribution < -0.4 is 10.6 Å². The van der Waals surface area contributed by atoms with Crippen LogP contribution in [0.1, 0.15) is 12.8 Å². The molecule has 2 nitrogen and oxygen atoms in total. The van der Waals surface area contributed by atoms with Crippen LogP contribution in [0, 0.1) is 0 Å². The Kier molecular flexibility index (Phi) is 3.41. The van der Waals surface area contributed by atoms with E-state index in [-0.39, 0.29) is 0 Å². The van der Waals surface area contributed by atoms with Gasteiger partial charge in [0.05, 0.1) is 0 Å². The lowest BCUT2D eigenvalue weighted by atomic mass is 10.3. The third-order valence-electron chi connectivity index (χ3n) is 1.40. The number of hydrogen-bond acceptors (Lipinski definition) is 2. The molecule has 1 rings (SSSR count). The smallest absolute Gasteiger partial charge is 0.0456 e. The van der Waals surface area contributed by atoms with Crippen LogP contribution >= 0.6 is 0 Å². The summed E-state index contributed by atoms with van der Waals surface area (Å²) in [7, 11) is 0. The summed E-state index contributed by atoms with van der Waals surface area (Å²) in [6, 6.07) is 0. The Morgan fingerprint density at radius 2 is 2.11 bits per heavy atom. The van der Waals surface area contributed by atoms with Gasteiger partial charge in [-0.25, -0.2) is 0 Å². The van der Waals surface area contributed by atoms with Gasteiger partial charge in [0.25, 0.3) is 0 Å². The Hall–Kier alpha value is -0.340. The first-order chi connectivity index (χ1) is 4.50. The zero-order chi connectivity index (χ0) is 6.36. The summed E-state index contributed by atoms with van der Waals surface area (Å²) in [6.07, 6.45) is 6.90. The first-order valence-corrected chi connectivity index (χ1v) is 3.56. The molecule has 0 bridgehead atoms. The second kappa shape index (κ2) is 4.53. The van der Waals surface area contributed by atoms with E-state index in [0.29, 0.717) is 0 Å². The van der Waals surface area contributed by atoms with Crippen LogP contribution in [0.2, 0.25) is 0 Å². The largest absolute Gasteiger partial charge is 0.304 e. The molecular weight excluding hydrogens is 112 g/mol. The Morgan fingerprint density at radius 1 is 1.11 bits per heavy atom. The summed E-state index contributed by atoms with van der Waals surface area (Å²) in [6.45, 7) is 3.09. The Balaban J connectivity index is 2.15. The molecule has 2 N–H and O–H groups in total. The first kappa shape index (κ1) is 6.78. The van der Waals surface area contributed by atoms with E-state index >= 15 is 0 Å². The first-order valence-electron chi connectivity index (χ1n) is 3.56. The summed E-state index contributed by atoms with van der Waals surface area (Å²) in [4.78, 5) is 0. The Morgan fingerprint density at radius 3 is 3.11 bits per heavy atom. The van der Waals surface area contributed by atoms with E-state index in [2.05, 4.69) is 22.8 Å². The summed E-state index contributed by atoms with van der Waals surface area (Å²) >= 11 is 0. The molecule has 1 heterocycles. The van der Waals surface area contributed by atoms with E-state index < -0.39 is 0 Å². The van der Waals surface area contributed by atoms with Gasteiger partial charge in [0.15, 0.2) is 0 Å². The van der Waals surface area contributed by atoms with Crippen LogP contribution in [0.25, 0.3) is 0 Å². The lowest BCUT2D eigenvalue weighted by Gasteiger charge is -2.00. The van der Waals surface area contributed by atoms with Crippen LogP contribution in [0.5, 0.6) is 0 Å². The highest BCUT2D eigenvalue weighted by atomic mass is 15.0. The van der Waals surface area contributed by atoms with Crippen molar-refractivity contribution < 1.29 is 0 Å². The number of rotatable bonds is 0. The molecule has 9 heavy (non-hydrogen) atoms. The average Bonchev–Trinajstić information content (AvgIpc) is 2.00. The third-order valence-corrected chi connectivity index (χ3v) is 1.40. The fourth-order valence-electron chi connectivity index (χ4n) is 0.878. The van der Waals surface area contributed by atoms with E-state index in [0.717, 1.165) is 19.8 Å². The Bertz CT molecular complexity index is 78.9. The fraction of sp³-hybridized carbons (Fsp3) is 0.714. The second-order valence-corrected chi connectivity index (χ2v) is 2.24. The van der Waals surface area contributed by atoms with Crippen molar-refractivity contribution in [1.82, 2.24) is 10.6 Å². The van der Waals surface area contributed by atoms with Crippen molar-refractivity contribution in [1.29, 1.82) is 0 Å². The normalized spacial score (nSPS) is 22.2. The monoisotopic (exact) mass is 126 g/mol. The molecule has 0 radical (unpaired) electrons. The summed E-state index contributed by atoms with van der Waals surface area (Å²) in [5.41, 5.74) is 0. The SMILES string of the molecule is C1=CCNCNCCC1. The molecule has 0 aromatic heterocycles. The maximum atomic E-state index is 3.28.